The van der Waals surface area contributed by atoms with E-state index in [4.69, 9.17) is 16.5 Å². The number of pyridine rings is 1. The first kappa shape index (κ1) is 18.2. The van der Waals surface area contributed by atoms with Crippen LogP contribution in [0.2, 0.25) is 0 Å². The molecule has 0 saturated carbocycles. The van der Waals surface area contributed by atoms with Crippen molar-refractivity contribution >= 4 is 54.7 Å². The number of benzene rings is 3. The number of nitrogen functional groups attached to an aromatic ring is 2. The van der Waals surface area contributed by atoms with Crippen molar-refractivity contribution in [1.29, 1.82) is 0 Å². The number of nitrogens with two attached hydrogens (primary N) is 2. The van der Waals surface area contributed by atoms with Gasteiger partial charge in [-0.1, -0.05) is 19.1 Å². The number of non-ortho nitro benzene ring substituents is 1. The van der Waals surface area contributed by atoms with Crippen molar-refractivity contribution < 1.29 is 4.92 Å². The molecule has 6 nitrogen and oxygen atoms in total. The molecular weight excluding hydrogens is 420 g/mol. The smallest absolute Gasteiger partial charge is 0.269 e. The van der Waals surface area contributed by atoms with Crippen molar-refractivity contribution in [2.45, 2.75) is 13.3 Å². The Morgan fingerprint density at radius 1 is 1.07 bits per heavy atom. The number of fused-ring (bicyclic) bond motifs is 3. The van der Waals surface area contributed by atoms with Crippen molar-refractivity contribution in [3.8, 4) is 11.3 Å². The molecule has 0 amide bonds. The fourth-order valence-corrected chi connectivity index (χ4v) is 4.05. The predicted octanol–water partition coefficient (Wildman–Crippen LogP) is 5.45. The lowest BCUT2D eigenvalue weighted by Gasteiger charge is -2.16. The van der Waals surface area contributed by atoms with Crippen LogP contribution in [-0.4, -0.2) is 9.91 Å². The average molecular weight is 437 g/mol. The summed E-state index contributed by atoms with van der Waals surface area (Å²) in [5.41, 5.74) is 17.2. The van der Waals surface area contributed by atoms with Crippen LogP contribution in [0.4, 0.5) is 17.1 Å². The number of nitro groups is 1. The molecular formula is C21H17BrN4O2. The van der Waals surface area contributed by atoms with Crippen LogP contribution in [0.15, 0.2) is 53.0 Å². The first-order chi connectivity index (χ1) is 13.4. The zero-order valence-corrected chi connectivity index (χ0v) is 16.7. The molecule has 28 heavy (non-hydrogen) atoms. The number of halogens is 1. The molecule has 140 valence electrons. The van der Waals surface area contributed by atoms with Gasteiger partial charge in [0.1, 0.15) is 0 Å². The highest BCUT2D eigenvalue weighted by Gasteiger charge is 2.18. The van der Waals surface area contributed by atoms with Crippen LogP contribution in [0.3, 0.4) is 0 Å². The van der Waals surface area contributed by atoms with Gasteiger partial charge in [0.25, 0.3) is 5.69 Å². The Labute approximate surface area is 169 Å². The van der Waals surface area contributed by atoms with E-state index >= 15 is 0 Å². The van der Waals surface area contributed by atoms with Gasteiger partial charge < -0.3 is 11.5 Å². The van der Waals surface area contributed by atoms with Gasteiger partial charge in [0.15, 0.2) is 0 Å². The van der Waals surface area contributed by atoms with Crippen LogP contribution in [-0.2, 0) is 6.42 Å². The minimum atomic E-state index is -0.418. The van der Waals surface area contributed by atoms with E-state index in [0.717, 1.165) is 43.7 Å². The largest absolute Gasteiger partial charge is 0.398 e. The molecule has 0 saturated heterocycles. The van der Waals surface area contributed by atoms with Crippen LogP contribution in [0.5, 0.6) is 0 Å². The SMILES string of the molecule is CCc1cc(N)c(Br)c2c1nc(-c1ccc([N+](=O)[O-])cc1)c1c(N)cccc12. The van der Waals surface area contributed by atoms with Gasteiger partial charge in [-0.25, -0.2) is 4.98 Å². The standard InChI is InChI=1S/C21H17BrN4O2/c1-2-11-10-16(24)19(22)18-14-4-3-5-15(23)17(14)21(25-20(11)18)12-6-8-13(9-7-12)26(27)28/h3-10H,2,23-24H2,1H3. The zero-order valence-electron chi connectivity index (χ0n) is 15.1. The summed E-state index contributed by atoms with van der Waals surface area (Å²) in [6, 6.07) is 14.0. The number of aromatic nitrogens is 1. The van der Waals surface area contributed by atoms with Crippen LogP contribution in [0.1, 0.15) is 12.5 Å². The lowest BCUT2D eigenvalue weighted by molar-refractivity contribution is -0.384. The lowest BCUT2D eigenvalue weighted by atomic mass is 9.96. The third-order valence-corrected chi connectivity index (χ3v) is 5.76. The van der Waals surface area contributed by atoms with E-state index in [1.807, 2.05) is 24.3 Å². The molecule has 4 aromatic rings. The van der Waals surface area contributed by atoms with E-state index in [0.29, 0.717) is 17.1 Å². The van der Waals surface area contributed by atoms with E-state index in [-0.39, 0.29) is 5.69 Å². The Morgan fingerprint density at radius 2 is 1.79 bits per heavy atom. The van der Waals surface area contributed by atoms with Gasteiger partial charge in [0, 0.05) is 39.8 Å². The number of hydrogen-bond acceptors (Lipinski definition) is 5. The van der Waals surface area contributed by atoms with Gasteiger partial charge in [-0.3, -0.25) is 10.1 Å². The molecule has 1 aromatic heterocycles. The number of anilines is 2. The quantitative estimate of drug-likeness (QED) is 0.192. The molecule has 0 fully saturated rings. The van der Waals surface area contributed by atoms with Gasteiger partial charge >= 0.3 is 0 Å². The molecule has 4 N–H and O–H groups in total. The predicted molar refractivity (Wildman–Crippen MR) is 117 cm³/mol. The number of hydrogen-bond donors (Lipinski definition) is 2. The van der Waals surface area contributed by atoms with Crippen molar-refractivity contribution in [1.82, 2.24) is 4.98 Å². The highest BCUT2D eigenvalue weighted by atomic mass is 79.9. The van der Waals surface area contributed by atoms with Gasteiger partial charge in [-0.05, 0) is 57.6 Å². The van der Waals surface area contributed by atoms with E-state index in [2.05, 4.69) is 22.9 Å². The molecule has 0 aliphatic carbocycles. The number of rotatable bonds is 3. The summed E-state index contributed by atoms with van der Waals surface area (Å²) in [7, 11) is 0. The van der Waals surface area contributed by atoms with Crippen LogP contribution >= 0.6 is 15.9 Å². The molecule has 0 aliphatic rings. The minimum Gasteiger partial charge on any atom is -0.398 e. The maximum absolute atomic E-state index is 11.0. The van der Waals surface area contributed by atoms with Gasteiger partial charge in [0.05, 0.1) is 20.6 Å². The normalized spacial score (nSPS) is 11.2. The second-order valence-electron chi connectivity index (χ2n) is 6.55. The minimum absolute atomic E-state index is 0.0339. The molecule has 3 aromatic carbocycles. The molecule has 7 heteroatoms. The van der Waals surface area contributed by atoms with Gasteiger partial charge in [-0.2, -0.15) is 0 Å². The van der Waals surface area contributed by atoms with Crippen LogP contribution in [0, 0.1) is 10.1 Å². The summed E-state index contributed by atoms with van der Waals surface area (Å²) in [4.78, 5) is 15.5. The van der Waals surface area contributed by atoms with Gasteiger partial charge in [-0.15, -0.1) is 0 Å². The van der Waals surface area contributed by atoms with E-state index in [9.17, 15) is 10.1 Å². The molecule has 0 radical (unpaired) electrons. The molecule has 0 unspecified atom stereocenters. The number of nitrogens with zero attached hydrogens (tertiary/aromatic N) is 2. The zero-order chi connectivity index (χ0) is 20.0. The third kappa shape index (κ3) is 2.75. The fraction of sp³-hybridized carbons (Fsp3) is 0.0952. The van der Waals surface area contributed by atoms with Crippen LogP contribution in [0.25, 0.3) is 32.9 Å². The van der Waals surface area contributed by atoms with Crippen molar-refractivity contribution in [2.75, 3.05) is 11.5 Å². The second kappa shape index (κ2) is 6.76. The maximum atomic E-state index is 11.0. The molecule has 1 heterocycles. The molecule has 0 spiro atoms. The first-order valence-electron chi connectivity index (χ1n) is 8.76. The molecule has 0 aliphatic heterocycles. The molecule has 4 rings (SSSR count). The van der Waals surface area contributed by atoms with Crippen molar-refractivity contribution in [2.24, 2.45) is 0 Å². The topological polar surface area (TPSA) is 108 Å². The summed E-state index contributed by atoms with van der Waals surface area (Å²) in [6.45, 7) is 2.05. The van der Waals surface area contributed by atoms with Crippen molar-refractivity contribution in [3.05, 3.63) is 68.7 Å². The summed E-state index contributed by atoms with van der Waals surface area (Å²) in [5.74, 6) is 0. The highest BCUT2D eigenvalue weighted by molar-refractivity contribution is 9.10. The lowest BCUT2D eigenvalue weighted by Crippen LogP contribution is -1.99. The van der Waals surface area contributed by atoms with E-state index in [1.165, 1.54) is 12.1 Å². The third-order valence-electron chi connectivity index (χ3n) is 4.90. The summed E-state index contributed by atoms with van der Waals surface area (Å²) >= 11 is 3.62. The number of nitro benzene ring substituents is 1. The first-order valence-corrected chi connectivity index (χ1v) is 9.55. The van der Waals surface area contributed by atoms with E-state index < -0.39 is 4.92 Å². The Hall–Kier alpha value is -3.19. The Morgan fingerprint density at radius 3 is 2.43 bits per heavy atom. The molecule has 0 atom stereocenters. The van der Waals surface area contributed by atoms with Crippen molar-refractivity contribution in [3.63, 3.8) is 0 Å². The highest BCUT2D eigenvalue weighted by Crippen LogP contribution is 2.41. The van der Waals surface area contributed by atoms with Gasteiger partial charge in [0.2, 0.25) is 0 Å². The maximum Gasteiger partial charge on any atom is 0.269 e. The Bertz CT molecular complexity index is 1250. The second-order valence-corrected chi connectivity index (χ2v) is 7.34. The summed E-state index contributed by atoms with van der Waals surface area (Å²) in [6.07, 6.45) is 0.772. The fourth-order valence-electron chi connectivity index (χ4n) is 3.53. The summed E-state index contributed by atoms with van der Waals surface area (Å²) < 4.78 is 0.790. The Balaban J connectivity index is 2.16. The number of aryl methyl sites for hydroxylation is 1. The summed E-state index contributed by atoms with van der Waals surface area (Å²) in [5, 5.41) is 13.7. The average Bonchev–Trinajstić information content (AvgIpc) is 2.70. The monoisotopic (exact) mass is 436 g/mol. The van der Waals surface area contributed by atoms with E-state index in [1.54, 1.807) is 12.1 Å². The van der Waals surface area contributed by atoms with Crippen LogP contribution < -0.4 is 11.5 Å². The molecule has 0 bridgehead atoms. The Kier molecular flexibility index (Phi) is 4.39.